The lowest BCUT2D eigenvalue weighted by atomic mass is 10.1. The molecule has 82 valence electrons. The number of amides is 1. The van der Waals surface area contributed by atoms with E-state index >= 15 is 0 Å². The molecule has 0 bridgehead atoms. The van der Waals surface area contributed by atoms with Gasteiger partial charge in [-0.3, -0.25) is 9.48 Å². The van der Waals surface area contributed by atoms with Gasteiger partial charge >= 0.3 is 0 Å². The molecule has 5 heteroatoms. The van der Waals surface area contributed by atoms with Gasteiger partial charge in [0.25, 0.3) is 5.91 Å². The second-order valence-corrected chi connectivity index (χ2v) is 4.12. The molecule has 1 aromatic rings. The van der Waals surface area contributed by atoms with Crippen LogP contribution in [0.2, 0.25) is 0 Å². The van der Waals surface area contributed by atoms with Crippen molar-refractivity contribution in [2.45, 2.75) is 26.0 Å². The van der Waals surface area contributed by atoms with E-state index in [1.165, 1.54) is 0 Å². The number of likely N-dealkylation sites (tertiary alicyclic amines) is 1. The topological polar surface area (TPSA) is 58.4 Å². The van der Waals surface area contributed by atoms with Gasteiger partial charge in [0.1, 0.15) is 5.69 Å². The highest BCUT2D eigenvalue weighted by molar-refractivity contribution is 5.93. The van der Waals surface area contributed by atoms with Crippen LogP contribution in [0, 0.1) is 0 Å². The number of carbonyl (C=O) groups is 1. The second-order valence-electron chi connectivity index (χ2n) is 4.12. The second kappa shape index (κ2) is 3.66. The van der Waals surface area contributed by atoms with Gasteiger partial charge in [-0.1, -0.05) is 0 Å². The van der Waals surface area contributed by atoms with E-state index in [9.17, 15) is 4.79 Å². The molecule has 2 rings (SSSR count). The standard InChI is InChI=1S/C10H15N3O2/c1-7(2)13-9(3-4-11-13)10(15)12-5-8(14)6-12/h3-4,7-8,14H,5-6H2,1-2H3. The Kier molecular flexibility index (Phi) is 2.48. The van der Waals surface area contributed by atoms with Crippen LogP contribution in [0.25, 0.3) is 0 Å². The third kappa shape index (κ3) is 1.74. The van der Waals surface area contributed by atoms with Crippen LogP contribution >= 0.6 is 0 Å². The smallest absolute Gasteiger partial charge is 0.272 e. The van der Waals surface area contributed by atoms with Crippen molar-refractivity contribution >= 4 is 5.91 Å². The van der Waals surface area contributed by atoms with Crippen LogP contribution in [0.3, 0.4) is 0 Å². The normalized spacial score (nSPS) is 16.9. The summed E-state index contributed by atoms with van der Waals surface area (Å²) in [6, 6.07) is 1.89. The predicted molar refractivity (Wildman–Crippen MR) is 54.5 cm³/mol. The molecule has 1 N–H and O–H groups in total. The van der Waals surface area contributed by atoms with Crippen LogP contribution in [-0.2, 0) is 0 Å². The highest BCUT2D eigenvalue weighted by atomic mass is 16.3. The molecule has 0 unspecified atom stereocenters. The Morgan fingerprint density at radius 3 is 2.80 bits per heavy atom. The third-order valence-electron chi connectivity index (χ3n) is 2.53. The van der Waals surface area contributed by atoms with Gasteiger partial charge in [0.15, 0.2) is 0 Å². The first-order valence-electron chi connectivity index (χ1n) is 5.10. The number of carbonyl (C=O) groups excluding carboxylic acids is 1. The Morgan fingerprint density at radius 1 is 1.60 bits per heavy atom. The molecule has 0 spiro atoms. The molecule has 1 aliphatic rings. The molecule has 1 saturated heterocycles. The van der Waals surface area contributed by atoms with Gasteiger partial charge < -0.3 is 10.0 Å². The number of rotatable bonds is 2. The first kappa shape index (κ1) is 10.2. The van der Waals surface area contributed by atoms with Crippen LogP contribution in [-0.4, -0.2) is 44.9 Å². The summed E-state index contributed by atoms with van der Waals surface area (Å²) >= 11 is 0. The number of nitrogens with zero attached hydrogens (tertiary/aromatic N) is 3. The van der Waals surface area contributed by atoms with E-state index in [1.807, 2.05) is 13.8 Å². The largest absolute Gasteiger partial charge is 0.389 e. The minimum atomic E-state index is -0.357. The molecule has 0 aromatic carbocycles. The number of hydrogen-bond donors (Lipinski definition) is 1. The van der Waals surface area contributed by atoms with E-state index in [-0.39, 0.29) is 18.1 Å². The van der Waals surface area contributed by atoms with Gasteiger partial charge in [-0.2, -0.15) is 5.10 Å². The molecule has 0 atom stereocenters. The van der Waals surface area contributed by atoms with Gasteiger partial charge in [0.05, 0.1) is 6.10 Å². The molecule has 1 aliphatic heterocycles. The Hall–Kier alpha value is -1.36. The summed E-state index contributed by atoms with van der Waals surface area (Å²) in [6.07, 6.45) is 1.27. The molecule has 0 radical (unpaired) electrons. The van der Waals surface area contributed by atoms with Crippen molar-refractivity contribution in [3.63, 3.8) is 0 Å². The lowest BCUT2D eigenvalue weighted by Crippen LogP contribution is -2.53. The summed E-state index contributed by atoms with van der Waals surface area (Å²) < 4.78 is 1.70. The van der Waals surface area contributed by atoms with E-state index in [0.717, 1.165) is 0 Å². The van der Waals surface area contributed by atoms with Crippen LogP contribution in [0.5, 0.6) is 0 Å². The van der Waals surface area contributed by atoms with Gasteiger partial charge in [-0.25, -0.2) is 0 Å². The lowest BCUT2D eigenvalue weighted by Gasteiger charge is -2.35. The van der Waals surface area contributed by atoms with E-state index in [4.69, 9.17) is 5.11 Å². The first-order chi connectivity index (χ1) is 7.09. The minimum absolute atomic E-state index is 0.0495. The van der Waals surface area contributed by atoms with Crippen LogP contribution in [0.15, 0.2) is 12.3 Å². The van der Waals surface area contributed by atoms with E-state index < -0.39 is 0 Å². The third-order valence-corrected chi connectivity index (χ3v) is 2.53. The molecular weight excluding hydrogens is 194 g/mol. The average Bonchev–Trinajstić information content (AvgIpc) is 2.60. The fraction of sp³-hybridized carbons (Fsp3) is 0.600. The zero-order chi connectivity index (χ0) is 11.0. The maximum absolute atomic E-state index is 11.9. The number of aliphatic hydroxyl groups excluding tert-OH is 1. The Bertz CT molecular complexity index is 366. The van der Waals surface area contributed by atoms with Gasteiger partial charge in [-0.05, 0) is 19.9 Å². The number of hydrogen-bond acceptors (Lipinski definition) is 3. The van der Waals surface area contributed by atoms with Gasteiger partial charge in [0.2, 0.25) is 0 Å². The van der Waals surface area contributed by atoms with Gasteiger partial charge in [-0.15, -0.1) is 0 Å². The Morgan fingerprint density at radius 2 is 2.27 bits per heavy atom. The molecule has 15 heavy (non-hydrogen) atoms. The number of aliphatic hydroxyl groups is 1. The molecule has 0 aliphatic carbocycles. The lowest BCUT2D eigenvalue weighted by molar-refractivity contribution is 0.00499. The fourth-order valence-corrected chi connectivity index (χ4v) is 1.68. The quantitative estimate of drug-likeness (QED) is 0.761. The molecule has 2 heterocycles. The van der Waals surface area contributed by atoms with Crippen LogP contribution < -0.4 is 0 Å². The zero-order valence-electron chi connectivity index (χ0n) is 8.92. The SMILES string of the molecule is CC(C)n1nccc1C(=O)N1CC(O)C1. The average molecular weight is 209 g/mol. The molecule has 1 amide bonds. The summed E-state index contributed by atoms with van der Waals surface area (Å²) in [5, 5.41) is 13.2. The molecule has 1 aromatic heterocycles. The van der Waals surface area contributed by atoms with Gasteiger partial charge in [0, 0.05) is 25.3 Å². The predicted octanol–water partition coefficient (Wildman–Crippen LogP) is 0.281. The first-order valence-corrected chi connectivity index (χ1v) is 5.10. The van der Waals surface area contributed by atoms with E-state index in [1.54, 1.807) is 21.8 Å². The highest BCUT2D eigenvalue weighted by Gasteiger charge is 2.31. The minimum Gasteiger partial charge on any atom is -0.389 e. The monoisotopic (exact) mass is 209 g/mol. The summed E-state index contributed by atoms with van der Waals surface area (Å²) in [7, 11) is 0. The Balaban J connectivity index is 2.15. The summed E-state index contributed by atoms with van der Waals surface area (Å²) in [4.78, 5) is 13.5. The van der Waals surface area contributed by atoms with Crippen molar-refractivity contribution in [1.29, 1.82) is 0 Å². The Labute approximate surface area is 88.3 Å². The molecule has 5 nitrogen and oxygen atoms in total. The highest BCUT2D eigenvalue weighted by Crippen LogP contribution is 2.15. The van der Waals surface area contributed by atoms with Crippen molar-refractivity contribution in [3.8, 4) is 0 Å². The molecule has 0 saturated carbocycles. The maximum Gasteiger partial charge on any atom is 0.272 e. The zero-order valence-corrected chi connectivity index (χ0v) is 8.92. The van der Waals surface area contributed by atoms with Crippen LogP contribution in [0.4, 0.5) is 0 Å². The van der Waals surface area contributed by atoms with E-state index in [2.05, 4.69) is 5.10 Å². The summed E-state index contributed by atoms with van der Waals surface area (Å²) in [5.41, 5.74) is 0.594. The fourth-order valence-electron chi connectivity index (χ4n) is 1.68. The van der Waals surface area contributed by atoms with Crippen LogP contribution in [0.1, 0.15) is 30.4 Å². The maximum atomic E-state index is 11.9. The number of aromatic nitrogens is 2. The van der Waals surface area contributed by atoms with Crippen molar-refractivity contribution in [1.82, 2.24) is 14.7 Å². The van der Waals surface area contributed by atoms with E-state index in [0.29, 0.717) is 18.8 Å². The van der Waals surface area contributed by atoms with Crippen molar-refractivity contribution in [2.75, 3.05) is 13.1 Å². The van der Waals surface area contributed by atoms with Crippen molar-refractivity contribution < 1.29 is 9.90 Å². The molecular formula is C10H15N3O2. The summed E-state index contributed by atoms with van der Waals surface area (Å²) in [5.74, 6) is -0.0495. The van der Waals surface area contributed by atoms with Crippen molar-refractivity contribution in [2.24, 2.45) is 0 Å². The molecule has 1 fully saturated rings. The van der Waals surface area contributed by atoms with Crippen molar-refractivity contribution in [3.05, 3.63) is 18.0 Å². The number of β-amino-alcohol motifs (C(OH)–C–C–N with tert-alkyl or cyclic N) is 1. The summed E-state index contributed by atoms with van der Waals surface area (Å²) in [6.45, 7) is 4.83.